The predicted octanol–water partition coefficient (Wildman–Crippen LogP) is 6.78. The van der Waals surface area contributed by atoms with Crippen LogP contribution in [0.2, 0.25) is 0 Å². The summed E-state index contributed by atoms with van der Waals surface area (Å²) in [5.74, 6) is 0. The molecule has 2 aromatic carbocycles. The summed E-state index contributed by atoms with van der Waals surface area (Å²) in [7, 11) is 0. The summed E-state index contributed by atoms with van der Waals surface area (Å²) >= 11 is 3.56. The normalized spacial score (nSPS) is 11.5. The fraction of sp³-hybridized carbons (Fsp3) is 0. The van der Waals surface area contributed by atoms with E-state index < -0.39 is 0 Å². The van der Waals surface area contributed by atoms with Gasteiger partial charge in [-0.2, -0.15) is 0 Å². The first-order valence-electron chi connectivity index (χ1n) is 7.52. The molecule has 0 unspecified atom stereocenters. The van der Waals surface area contributed by atoms with Crippen molar-refractivity contribution >= 4 is 44.5 Å². The molecule has 23 heavy (non-hydrogen) atoms. The Balaban J connectivity index is 1.71. The molecule has 0 aliphatic carbocycles. The minimum Gasteiger partial charge on any atom is -0.354 e. The molecular weight excluding hydrogens is 318 g/mol. The molecule has 0 saturated heterocycles. The number of nitrogens with one attached hydrogen (secondary N) is 1. The van der Waals surface area contributed by atoms with Gasteiger partial charge in [0, 0.05) is 31.6 Å². The zero-order chi connectivity index (χ0) is 15.2. The van der Waals surface area contributed by atoms with Gasteiger partial charge in [0.2, 0.25) is 0 Å². The lowest BCUT2D eigenvalue weighted by molar-refractivity contribution is 1.55. The van der Waals surface area contributed by atoms with Crippen molar-refractivity contribution in [2.45, 2.75) is 0 Å². The summed E-state index contributed by atoms with van der Waals surface area (Å²) in [6.07, 6.45) is 0. The number of hydrogen-bond donors (Lipinski definition) is 1. The van der Waals surface area contributed by atoms with Crippen LogP contribution in [-0.2, 0) is 0 Å². The van der Waals surface area contributed by atoms with E-state index in [0.29, 0.717) is 0 Å². The largest absolute Gasteiger partial charge is 0.354 e. The van der Waals surface area contributed by atoms with E-state index in [2.05, 4.69) is 76.4 Å². The highest BCUT2D eigenvalue weighted by Gasteiger charge is 2.08. The van der Waals surface area contributed by atoms with Crippen molar-refractivity contribution in [3.63, 3.8) is 0 Å². The molecule has 0 radical (unpaired) electrons. The van der Waals surface area contributed by atoms with Gasteiger partial charge in [0.25, 0.3) is 0 Å². The monoisotopic (exact) mass is 331 g/mol. The first-order chi connectivity index (χ1) is 11.4. The molecule has 0 fully saturated rings. The summed E-state index contributed by atoms with van der Waals surface area (Å²) in [4.78, 5) is 6.21. The number of thiophene rings is 2. The summed E-state index contributed by atoms with van der Waals surface area (Å²) in [6, 6.07) is 21.9. The van der Waals surface area contributed by atoms with E-state index >= 15 is 0 Å². The van der Waals surface area contributed by atoms with Gasteiger partial charge in [0.05, 0.1) is 0 Å². The molecule has 3 heterocycles. The van der Waals surface area contributed by atoms with E-state index in [9.17, 15) is 0 Å². The first kappa shape index (κ1) is 13.1. The Hall–Kier alpha value is -2.36. The Morgan fingerprint density at radius 3 is 1.57 bits per heavy atom. The molecule has 3 heteroatoms. The molecule has 0 aliphatic heterocycles. The first-order valence-corrected chi connectivity index (χ1v) is 9.28. The van der Waals surface area contributed by atoms with Crippen LogP contribution in [0.5, 0.6) is 0 Å². The number of rotatable bonds is 2. The molecule has 0 atom stereocenters. The van der Waals surface area contributed by atoms with Crippen molar-refractivity contribution < 1.29 is 0 Å². The highest BCUT2D eigenvalue weighted by molar-refractivity contribution is 7.13. The van der Waals surface area contributed by atoms with Gasteiger partial charge in [0.15, 0.2) is 0 Å². The van der Waals surface area contributed by atoms with Crippen molar-refractivity contribution in [3.8, 4) is 20.9 Å². The fourth-order valence-corrected chi connectivity index (χ4v) is 4.55. The van der Waals surface area contributed by atoms with Crippen molar-refractivity contribution in [2.24, 2.45) is 0 Å². The maximum atomic E-state index is 3.59. The van der Waals surface area contributed by atoms with Gasteiger partial charge in [-0.3, -0.25) is 0 Å². The summed E-state index contributed by atoms with van der Waals surface area (Å²) in [6.45, 7) is 0. The van der Waals surface area contributed by atoms with E-state index in [4.69, 9.17) is 0 Å². The number of aromatic nitrogens is 1. The quantitative estimate of drug-likeness (QED) is 0.367. The molecular formula is C20H13NS2. The molecule has 5 rings (SSSR count). The number of aromatic amines is 1. The highest BCUT2D eigenvalue weighted by atomic mass is 32.1. The molecule has 3 aromatic heterocycles. The fourth-order valence-electron chi connectivity index (χ4n) is 3.10. The topological polar surface area (TPSA) is 15.8 Å². The van der Waals surface area contributed by atoms with E-state index in [1.54, 1.807) is 22.7 Å². The molecule has 0 spiro atoms. The Morgan fingerprint density at radius 1 is 0.609 bits per heavy atom. The second kappa shape index (κ2) is 5.08. The van der Waals surface area contributed by atoms with Crippen LogP contribution in [0.4, 0.5) is 0 Å². The summed E-state index contributed by atoms with van der Waals surface area (Å²) in [5, 5.41) is 6.83. The maximum Gasteiger partial charge on any atom is 0.0471 e. The lowest BCUT2D eigenvalue weighted by Gasteiger charge is -1.98. The third-order valence-electron chi connectivity index (χ3n) is 4.21. The highest BCUT2D eigenvalue weighted by Crippen LogP contribution is 2.34. The predicted molar refractivity (Wildman–Crippen MR) is 102 cm³/mol. The standard InChI is InChI=1S/C20H13NS2/c1-3-19(22-9-1)13-5-7-15-16-8-6-14(20-4-2-10-23-20)12-18(16)21-17(15)11-13/h1-12,21H. The zero-order valence-corrected chi connectivity index (χ0v) is 13.9. The van der Waals surface area contributed by atoms with E-state index in [1.165, 1.54) is 42.7 Å². The zero-order valence-electron chi connectivity index (χ0n) is 12.2. The minimum atomic E-state index is 1.20. The van der Waals surface area contributed by atoms with Crippen LogP contribution in [0.1, 0.15) is 0 Å². The van der Waals surface area contributed by atoms with Gasteiger partial charge < -0.3 is 4.98 Å². The van der Waals surface area contributed by atoms with Crippen LogP contribution in [0.25, 0.3) is 42.7 Å². The third-order valence-corrected chi connectivity index (χ3v) is 6.05. The molecule has 1 nitrogen and oxygen atoms in total. The maximum absolute atomic E-state index is 3.59. The van der Waals surface area contributed by atoms with Crippen molar-refractivity contribution in [3.05, 3.63) is 71.4 Å². The van der Waals surface area contributed by atoms with Crippen molar-refractivity contribution in [2.75, 3.05) is 0 Å². The van der Waals surface area contributed by atoms with Crippen molar-refractivity contribution in [1.82, 2.24) is 4.98 Å². The third kappa shape index (κ3) is 2.12. The Labute approximate surface area is 141 Å². The Bertz CT molecular complexity index is 1010. The van der Waals surface area contributed by atoms with Gasteiger partial charge in [-0.25, -0.2) is 0 Å². The SMILES string of the molecule is c1csc(-c2ccc3c(c2)[nH]c2cc(-c4cccs4)ccc23)c1. The molecule has 1 N–H and O–H groups in total. The average Bonchev–Trinajstić information content (AvgIpc) is 3.32. The van der Waals surface area contributed by atoms with Crippen LogP contribution < -0.4 is 0 Å². The lowest BCUT2D eigenvalue weighted by atomic mass is 10.1. The van der Waals surface area contributed by atoms with E-state index in [0.717, 1.165) is 0 Å². The van der Waals surface area contributed by atoms with E-state index in [1.807, 2.05) is 0 Å². The second-order valence-corrected chi connectivity index (χ2v) is 7.50. The van der Waals surface area contributed by atoms with Gasteiger partial charge in [0.1, 0.15) is 0 Å². The van der Waals surface area contributed by atoms with Crippen LogP contribution >= 0.6 is 22.7 Å². The number of fused-ring (bicyclic) bond motifs is 3. The smallest absolute Gasteiger partial charge is 0.0471 e. The molecule has 0 aliphatic rings. The summed E-state index contributed by atoms with van der Waals surface area (Å²) in [5.41, 5.74) is 4.96. The van der Waals surface area contributed by atoms with Crippen molar-refractivity contribution in [1.29, 1.82) is 0 Å². The van der Waals surface area contributed by atoms with Gasteiger partial charge in [-0.1, -0.05) is 36.4 Å². The minimum absolute atomic E-state index is 1.20. The van der Waals surface area contributed by atoms with Crippen LogP contribution in [-0.4, -0.2) is 4.98 Å². The molecule has 0 bridgehead atoms. The number of benzene rings is 2. The molecule has 110 valence electrons. The molecule has 0 saturated carbocycles. The lowest BCUT2D eigenvalue weighted by Crippen LogP contribution is -1.73. The molecule has 5 aromatic rings. The number of hydrogen-bond acceptors (Lipinski definition) is 2. The van der Waals surface area contributed by atoms with Crippen LogP contribution in [0, 0.1) is 0 Å². The summed E-state index contributed by atoms with van der Waals surface area (Å²) < 4.78 is 0. The van der Waals surface area contributed by atoms with Gasteiger partial charge >= 0.3 is 0 Å². The van der Waals surface area contributed by atoms with Crippen LogP contribution in [0.3, 0.4) is 0 Å². The number of H-pyrrole nitrogens is 1. The Kier molecular flexibility index (Phi) is 2.90. The Morgan fingerprint density at radius 2 is 1.13 bits per heavy atom. The van der Waals surface area contributed by atoms with E-state index in [-0.39, 0.29) is 0 Å². The second-order valence-electron chi connectivity index (χ2n) is 5.60. The van der Waals surface area contributed by atoms with Gasteiger partial charge in [-0.15, -0.1) is 22.7 Å². The van der Waals surface area contributed by atoms with Crippen LogP contribution in [0.15, 0.2) is 71.4 Å². The average molecular weight is 331 g/mol. The molecule has 0 amide bonds. The van der Waals surface area contributed by atoms with Gasteiger partial charge in [-0.05, 0) is 46.2 Å².